The standard InChI is InChI=1S/C20H29N5O3/c1-14(2)23-8-10-24(11-9-23)15-6-7-25(12-15)20(27)21-16-4-3-5-17-19(16)22-18(26)13-28-17/h3-5,14-15H,6-13H2,1-2H3,(H,21,27)(H,22,26). The van der Waals surface area contributed by atoms with E-state index in [0.717, 1.165) is 45.7 Å². The molecule has 3 amide bonds. The number of amides is 3. The van der Waals surface area contributed by atoms with E-state index in [1.807, 2.05) is 11.0 Å². The van der Waals surface area contributed by atoms with Crippen LogP contribution in [0, 0.1) is 0 Å². The third-order valence-corrected chi connectivity index (χ3v) is 5.94. The first-order chi connectivity index (χ1) is 13.5. The Morgan fingerprint density at radius 3 is 2.75 bits per heavy atom. The molecule has 0 aliphatic carbocycles. The molecule has 1 aromatic rings. The summed E-state index contributed by atoms with van der Waals surface area (Å²) < 4.78 is 5.42. The highest BCUT2D eigenvalue weighted by molar-refractivity contribution is 6.02. The minimum atomic E-state index is -0.212. The maximum Gasteiger partial charge on any atom is 0.321 e. The van der Waals surface area contributed by atoms with Gasteiger partial charge in [-0.1, -0.05) is 6.07 Å². The Morgan fingerprint density at radius 2 is 2.00 bits per heavy atom. The summed E-state index contributed by atoms with van der Waals surface area (Å²) in [6.07, 6.45) is 1.00. The van der Waals surface area contributed by atoms with Crippen LogP contribution in [0.2, 0.25) is 0 Å². The van der Waals surface area contributed by atoms with Gasteiger partial charge in [0.25, 0.3) is 5.91 Å². The van der Waals surface area contributed by atoms with E-state index in [9.17, 15) is 9.59 Å². The van der Waals surface area contributed by atoms with Gasteiger partial charge in [0.1, 0.15) is 11.4 Å². The van der Waals surface area contributed by atoms with Gasteiger partial charge in [0, 0.05) is 51.4 Å². The molecule has 2 saturated heterocycles. The van der Waals surface area contributed by atoms with E-state index in [2.05, 4.69) is 34.3 Å². The Hall–Kier alpha value is -2.32. The SMILES string of the molecule is CC(C)N1CCN(C2CCN(C(=O)Nc3cccc4c3NC(=O)CO4)C2)CC1. The number of piperazine rings is 1. The molecule has 0 saturated carbocycles. The number of carbonyl (C=O) groups is 2. The highest BCUT2D eigenvalue weighted by Gasteiger charge is 2.33. The quantitative estimate of drug-likeness (QED) is 0.825. The molecule has 2 fully saturated rings. The fraction of sp³-hybridized carbons (Fsp3) is 0.600. The van der Waals surface area contributed by atoms with Gasteiger partial charge < -0.3 is 20.3 Å². The van der Waals surface area contributed by atoms with Crippen molar-refractivity contribution in [2.24, 2.45) is 0 Å². The summed E-state index contributed by atoms with van der Waals surface area (Å²) in [7, 11) is 0. The van der Waals surface area contributed by atoms with E-state index >= 15 is 0 Å². The van der Waals surface area contributed by atoms with Crippen LogP contribution in [0.3, 0.4) is 0 Å². The summed E-state index contributed by atoms with van der Waals surface area (Å²) in [6, 6.07) is 6.27. The molecular formula is C20H29N5O3. The number of anilines is 2. The molecule has 0 bridgehead atoms. The van der Waals surface area contributed by atoms with Gasteiger partial charge >= 0.3 is 6.03 Å². The van der Waals surface area contributed by atoms with Crippen molar-refractivity contribution in [3.8, 4) is 5.75 Å². The van der Waals surface area contributed by atoms with Crippen molar-refractivity contribution in [2.75, 3.05) is 56.5 Å². The highest BCUT2D eigenvalue weighted by atomic mass is 16.5. The van der Waals surface area contributed by atoms with E-state index in [-0.39, 0.29) is 18.5 Å². The molecule has 28 heavy (non-hydrogen) atoms. The van der Waals surface area contributed by atoms with Gasteiger partial charge in [0.2, 0.25) is 0 Å². The Balaban J connectivity index is 1.34. The number of benzene rings is 1. The van der Waals surface area contributed by atoms with Crippen molar-refractivity contribution >= 4 is 23.3 Å². The van der Waals surface area contributed by atoms with Crippen molar-refractivity contribution in [1.82, 2.24) is 14.7 Å². The molecule has 2 N–H and O–H groups in total. The van der Waals surface area contributed by atoms with Gasteiger partial charge in [-0.05, 0) is 32.4 Å². The van der Waals surface area contributed by atoms with Gasteiger partial charge in [-0.3, -0.25) is 14.6 Å². The molecule has 3 aliphatic rings. The van der Waals surface area contributed by atoms with E-state index in [4.69, 9.17) is 4.74 Å². The van der Waals surface area contributed by atoms with Crippen molar-refractivity contribution in [3.05, 3.63) is 18.2 Å². The van der Waals surface area contributed by atoms with Crippen LogP contribution in [0.5, 0.6) is 5.75 Å². The molecule has 0 aromatic heterocycles. The zero-order chi connectivity index (χ0) is 19.7. The molecule has 8 heteroatoms. The fourth-order valence-corrected chi connectivity index (χ4v) is 4.24. The Morgan fingerprint density at radius 1 is 1.21 bits per heavy atom. The second-order valence-electron chi connectivity index (χ2n) is 8.00. The average molecular weight is 387 g/mol. The van der Waals surface area contributed by atoms with E-state index in [1.165, 1.54) is 0 Å². The number of rotatable bonds is 3. The number of para-hydroxylation sites is 1. The van der Waals surface area contributed by atoms with Crippen molar-refractivity contribution in [3.63, 3.8) is 0 Å². The van der Waals surface area contributed by atoms with Crippen LogP contribution >= 0.6 is 0 Å². The molecule has 3 heterocycles. The number of carbonyl (C=O) groups excluding carboxylic acids is 2. The average Bonchev–Trinajstić information content (AvgIpc) is 3.19. The summed E-state index contributed by atoms with van der Waals surface area (Å²) in [5.41, 5.74) is 1.11. The lowest BCUT2D eigenvalue weighted by atomic mass is 10.1. The van der Waals surface area contributed by atoms with Gasteiger partial charge in [-0.2, -0.15) is 0 Å². The Bertz CT molecular complexity index is 745. The zero-order valence-corrected chi connectivity index (χ0v) is 16.6. The monoisotopic (exact) mass is 387 g/mol. The molecule has 3 aliphatic heterocycles. The highest BCUT2D eigenvalue weighted by Crippen LogP contribution is 2.35. The van der Waals surface area contributed by atoms with E-state index in [1.54, 1.807) is 12.1 Å². The van der Waals surface area contributed by atoms with Crippen LogP contribution in [-0.4, -0.2) is 84.6 Å². The van der Waals surface area contributed by atoms with Crippen LogP contribution in [0.25, 0.3) is 0 Å². The number of likely N-dealkylation sites (tertiary alicyclic amines) is 1. The fourth-order valence-electron chi connectivity index (χ4n) is 4.24. The smallest absolute Gasteiger partial charge is 0.321 e. The van der Waals surface area contributed by atoms with Crippen LogP contribution < -0.4 is 15.4 Å². The largest absolute Gasteiger partial charge is 0.481 e. The lowest BCUT2D eigenvalue weighted by molar-refractivity contribution is -0.118. The zero-order valence-electron chi connectivity index (χ0n) is 16.6. The van der Waals surface area contributed by atoms with Crippen LogP contribution in [0.15, 0.2) is 18.2 Å². The molecule has 8 nitrogen and oxygen atoms in total. The van der Waals surface area contributed by atoms with Crippen molar-refractivity contribution in [1.29, 1.82) is 0 Å². The predicted molar refractivity (Wildman–Crippen MR) is 108 cm³/mol. The molecule has 4 rings (SSSR count). The first-order valence-corrected chi connectivity index (χ1v) is 10.1. The maximum atomic E-state index is 12.8. The second kappa shape index (κ2) is 7.97. The predicted octanol–water partition coefficient (Wildman–Crippen LogP) is 1.65. The first-order valence-electron chi connectivity index (χ1n) is 10.1. The van der Waals surface area contributed by atoms with E-state index < -0.39 is 0 Å². The van der Waals surface area contributed by atoms with Gasteiger partial charge in [0.05, 0.1) is 5.69 Å². The number of hydrogen-bond acceptors (Lipinski definition) is 5. The molecule has 0 spiro atoms. The Kier molecular flexibility index (Phi) is 5.41. The third kappa shape index (κ3) is 3.93. The summed E-state index contributed by atoms with van der Waals surface area (Å²) >= 11 is 0. The third-order valence-electron chi connectivity index (χ3n) is 5.94. The van der Waals surface area contributed by atoms with Crippen LogP contribution in [0.1, 0.15) is 20.3 Å². The van der Waals surface area contributed by atoms with Gasteiger partial charge in [-0.15, -0.1) is 0 Å². The molecule has 1 unspecified atom stereocenters. The van der Waals surface area contributed by atoms with Crippen LogP contribution in [0.4, 0.5) is 16.2 Å². The molecule has 1 aromatic carbocycles. The van der Waals surface area contributed by atoms with E-state index in [0.29, 0.717) is 29.2 Å². The second-order valence-corrected chi connectivity index (χ2v) is 8.00. The lowest BCUT2D eigenvalue weighted by Crippen LogP contribution is -2.52. The summed E-state index contributed by atoms with van der Waals surface area (Å²) in [4.78, 5) is 31.3. The number of urea groups is 1. The number of nitrogens with one attached hydrogen (secondary N) is 2. The normalized spacial score (nSPS) is 23.3. The molecule has 1 atom stereocenters. The summed E-state index contributed by atoms with van der Waals surface area (Å²) in [6.45, 7) is 10.3. The molecular weight excluding hydrogens is 358 g/mol. The minimum Gasteiger partial charge on any atom is -0.481 e. The lowest BCUT2D eigenvalue weighted by Gasteiger charge is -2.39. The van der Waals surface area contributed by atoms with Crippen molar-refractivity contribution < 1.29 is 14.3 Å². The van der Waals surface area contributed by atoms with Crippen molar-refractivity contribution in [2.45, 2.75) is 32.4 Å². The minimum absolute atomic E-state index is 0.00226. The first kappa shape index (κ1) is 19.0. The number of nitrogens with zero attached hydrogens (tertiary/aromatic N) is 3. The Labute approximate surface area is 165 Å². The summed E-state index contributed by atoms with van der Waals surface area (Å²) in [5, 5.41) is 5.73. The van der Waals surface area contributed by atoms with Crippen LogP contribution in [-0.2, 0) is 4.79 Å². The molecule has 152 valence electrons. The number of ether oxygens (including phenoxy) is 1. The maximum absolute atomic E-state index is 12.8. The van der Waals surface area contributed by atoms with Gasteiger partial charge in [0.15, 0.2) is 6.61 Å². The molecule has 0 radical (unpaired) electrons. The summed E-state index contributed by atoms with van der Waals surface area (Å²) in [5.74, 6) is 0.371. The topological polar surface area (TPSA) is 77.2 Å². The van der Waals surface area contributed by atoms with Gasteiger partial charge in [-0.25, -0.2) is 4.79 Å². The number of fused-ring (bicyclic) bond motifs is 1. The number of hydrogen-bond donors (Lipinski definition) is 2.